The van der Waals surface area contributed by atoms with Gasteiger partial charge in [-0.25, -0.2) is 0 Å². The summed E-state index contributed by atoms with van der Waals surface area (Å²) < 4.78 is 156. The zero-order chi connectivity index (χ0) is 69.4. The van der Waals surface area contributed by atoms with E-state index in [-0.39, 0.29) is 33.0 Å². The monoisotopic (exact) mass is 1340 g/mol. The van der Waals surface area contributed by atoms with Gasteiger partial charge in [-0.1, -0.05) is 0 Å². The van der Waals surface area contributed by atoms with E-state index in [9.17, 15) is 127 Å². The van der Waals surface area contributed by atoms with E-state index in [1.165, 1.54) is 58.8 Å². The molecule has 0 spiro atoms. The zero-order valence-corrected chi connectivity index (χ0v) is 52.2. The Bertz CT molecular complexity index is 1020. The van der Waals surface area contributed by atoms with Gasteiger partial charge in [0, 0.05) is 169 Å². The summed E-state index contributed by atoms with van der Waals surface area (Å²) in [5.41, 5.74) is 0. The first-order valence-corrected chi connectivity index (χ1v) is 20.2. The molecule has 0 aromatic heterocycles. The Hall–Kier alpha value is -6.23. The van der Waals surface area contributed by atoms with Crippen LogP contribution < -0.4 is 0 Å². The van der Waals surface area contributed by atoms with Gasteiger partial charge in [0.25, 0.3) is 0 Å². The van der Waals surface area contributed by atoms with Crippen LogP contribution in [0.2, 0.25) is 0 Å². The summed E-state index contributed by atoms with van der Waals surface area (Å²) >= 11 is 0. The van der Waals surface area contributed by atoms with E-state index < -0.39 is 29.0 Å². The average molecular weight is 1340 g/mol. The number of rotatable bonds is 12. The smallest absolute Gasteiger partial charge is 0.418 e. The van der Waals surface area contributed by atoms with Crippen LogP contribution in [0.5, 0.6) is 0 Å². The maximum absolute atomic E-state index is 9.75. The third-order valence-electron chi connectivity index (χ3n) is 2.53. The van der Waals surface area contributed by atoms with Crippen LogP contribution in [0.1, 0.15) is 0 Å². The average Bonchev–Trinajstić information content (AvgIpc) is 3.28. The molecule has 0 heterocycles. The molecule has 12 amide bonds. The van der Waals surface area contributed by atoms with Crippen LogP contribution >= 0.6 is 0 Å². The van der Waals surface area contributed by atoms with Gasteiger partial charge in [0.15, 0.2) is 0 Å². The molecule has 0 unspecified atom stereocenters. The van der Waals surface area contributed by atoms with Crippen molar-refractivity contribution in [1.29, 1.82) is 0 Å². The Labute approximate surface area is 492 Å². The molecule has 0 aliphatic heterocycles. The first-order valence-electron chi connectivity index (χ1n) is 20.2. The molecule has 0 aromatic rings. The summed E-state index contributed by atoms with van der Waals surface area (Å²) in [6, 6.07) is 0. The molecule has 0 aliphatic rings. The minimum Gasteiger partial charge on any atom is -0.418 e. The normalized spacial score (nSPS) is 7.90. The second-order valence-corrected chi connectivity index (χ2v) is 14.8. The van der Waals surface area contributed by atoms with Gasteiger partial charge in [-0.05, 0) is 0 Å². The molecule has 0 aromatic carbocycles. The van der Waals surface area contributed by atoms with Gasteiger partial charge < -0.3 is 128 Å². The topological polar surface area (TPSA) is 244 Å². The second-order valence-electron chi connectivity index (χ2n) is 14.8. The number of nitrogens with zero attached hydrogens (tertiary/aromatic N) is 12. The van der Waals surface area contributed by atoms with E-state index in [1.54, 1.807) is 169 Å². The molecular formula is C36H84B4F16N12Ni2O12. The van der Waals surface area contributed by atoms with E-state index in [1.807, 2.05) is 0 Å². The maximum Gasteiger partial charge on any atom is 2.00 e. The van der Waals surface area contributed by atoms with Crippen molar-refractivity contribution in [3.05, 3.63) is 0 Å². The largest absolute Gasteiger partial charge is 2.00 e. The first kappa shape index (κ1) is 127. The SMILES string of the molecule is CN(C)C=O.CN(C)C=O.CN(C)C=O.CN(C)C=O.CN(C)C=O.CN(C)C=O.CN(C)C=O.CN(C)C=O.CN(C)C=O.CN(C)C=O.CN(C)C=O.CN(C)C=O.F[B-](F)(F)F.F[B-](F)(F)F.F[B-](F)(F)F.F[B-](F)(F)F.[Ni+2].[Ni+2]. The van der Waals surface area contributed by atoms with E-state index in [0.717, 1.165) is 76.9 Å². The van der Waals surface area contributed by atoms with Crippen molar-refractivity contribution in [2.24, 2.45) is 0 Å². The van der Waals surface area contributed by atoms with Gasteiger partial charge in [0.1, 0.15) is 0 Å². The minimum atomic E-state index is -6.00. The Balaban J connectivity index is -0.0000000332. The fourth-order valence-corrected chi connectivity index (χ4v) is 0. The van der Waals surface area contributed by atoms with Crippen LogP contribution in [-0.4, -0.2) is 334 Å². The Morgan fingerprint density at radius 1 is 0.159 bits per heavy atom. The predicted octanol–water partition coefficient (Wildman–Crippen LogP) is 1.65. The molecule has 504 valence electrons. The molecule has 82 heavy (non-hydrogen) atoms. The number of amides is 12. The number of halogens is 16. The molecule has 0 radical (unpaired) electrons. The molecule has 0 saturated heterocycles. The number of carbonyl (C=O) groups excluding carboxylic acids is 12. The summed E-state index contributed by atoms with van der Waals surface area (Å²) in [5, 5.41) is 0. The van der Waals surface area contributed by atoms with Crippen molar-refractivity contribution in [2.45, 2.75) is 0 Å². The van der Waals surface area contributed by atoms with Crippen molar-refractivity contribution in [2.75, 3.05) is 169 Å². The van der Waals surface area contributed by atoms with Crippen LogP contribution in [0, 0.1) is 0 Å². The molecule has 0 N–H and O–H groups in total. The molecule has 0 atom stereocenters. The van der Waals surface area contributed by atoms with E-state index in [2.05, 4.69) is 0 Å². The summed E-state index contributed by atoms with van der Waals surface area (Å²) in [6.45, 7) is 0. The molecular weight excluding hydrogens is 1260 g/mol. The van der Waals surface area contributed by atoms with Crippen molar-refractivity contribution in [1.82, 2.24) is 58.8 Å². The Morgan fingerprint density at radius 2 is 0.171 bits per heavy atom. The van der Waals surface area contributed by atoms with Crippen molar-refractivity contribution in [3.8, 4) is 0 Å². The fourth-order valence-electron chi connectivity index (χ4n) is 0. The van der Waals surface area contributed by atoms with Gasteiger partial charge in [-0.2, -0.15) is 0 Å². The van der Waals surface area contributed by atoms with Crippen molar-refractivity contribution >= 4 is 106 Å². The summed E-state index contributed by atoms with van der Waals surface area (Å²) in [7, 11) is 16.5. The molecule has 0 bridgehead atoms. The van der Waals surface area contributed by atoms with Crippen molar-refractivity contribution in [3.63, 3.8) is 0 Å². The first-order chi connectivity index (χ1) is 35.2. The number of hydrogen-bond acceptors (Lipinski definition) is 12. The zero-order valence-electron chi connectivity index (χ0n) is 50.2. The van der Waals surface area contributed by atoms with Gasteiger partial charge in [0.2, 0.25) is 76.9 Å². The van der Waals surface area contributed by atoms with Crippen LogP contribution in [0.25, 0.3) is 0 Å². The van der Waals surface area contributed by atoms with Gasteiger partial charge in [-0.3, -0.25) is 57.5 Å². The maximum atomic E-state index is 9.75. The molecule has 0 fully saturated rings. The van der Waals surface area contributed by atoms with E-state index in [0.29, 0.717) is 0 Å². The molecule has 0 saturated carbocycles. The molecule has 0 aliphatic carbocycles. The molecule has 24 nitrogen and oxygen atoms in total. The fraction of sp³-hybridized carbons (Fsp3) is 0.667. The van der Waals surface area contributed by atoms with Gasteiger partial charge >= 0.3 is 62.0 Å². The molecule has 46 heteroatoms. The quantitative estimate of drug-likeness (QED) is 0.154. The van der Waals surface area contributed by atoms with E-state index in [4.69, 9.17) is 0 Å². The minimum absolute atomic E-state index is 0. The predicted molar refractivity (Wildman–Crippen MR) is 278 cm³/mol. The van der Waals surface area contributed by atoms with Crippen LogP contribution in [-0.2, 0) is 90.5 Å². The van der Waals surface area contributed by atoms with Crippen molar-refractivity contribution < 1.29 is 160 Å². The Kier molecular flexibility index (Phi) is 146. The second kappa shape index (κ2) is 94.1. The van der Waals surface area contributed by atoms with Gasteiger partial charge in [-0.15, -0.1) is 0 Å². The third-order valence-corrected chi connectivity index (χ3v) is 2.53. The number of hydrogen-bond donors (Lipinski definition) is 0. The summed E-state index contributed by atoms with van der Waals surface area (Å²) in [5.74, 6) is 0. The van der Waals surface area contributed by atoms with Crippen LogP contribution in [0.15, 0.2) is 0 Å². The van der Waals surface area contributed by atoms with Crippen LogP contribution in [0.3, 0.4) is 0 Å². The summed E-state index contributed by atoms with van der Waals surface area (Å²) in [6.07, 6.45) is 9.00. The standard InChI is InChI=1S/12C3H7NO.4BF4.2Ni/c12*1-4(2)3-5;4*2-1(3,4)5;;/h12*3H,1-2H3;;;;;;/q;;;;;;;;;;;;4*-1;2*+2. The summed E-state index contributed by atoms with van der Waals surface area (Å²) in [4.78, 5) is 130. The van der Waals surface area contributed by atoms with Crippen LogP contribution in [0.4, 0.5) is 69.1 Å². The van der Waals surface area contributed by atoms with E-state index >= 15 is 0 Å². The number of carbonyl (C=O) groups is 12. The molecule has 0 rings (SSSR count). The van der Waals surface area contributed by atoms with Gasteiger partial charge in [0.05, 0.1) is 0 Å². The Morgan fingerprint density at radius 3 is 0.171 bits per heavy atom. The third kappa shape index (κ3) is 1240.